The first-order valence-corrected chi connectivity index (χ1v) is 8.98. The first-order chi connectivity index (χ1) is 9.72. The predicted octanol–water partition coefficient (Wildman–Crippen LogP) is 4.64. The van der Waals surface area contributed by atoms with Crippen molar-refractivity contribution in [2.24, 2.45) is 0 Å². The molecule has 20 heavy (non-hydrogen) atoms. The molecule has 0 unspecified atom stereocenters. The second-order valence-corrected chi connectivity index (χ2v) is 8.47. The summed E-state index contributed by atoms with van der Waals surface area (Å²) in [5.74, 6) is 1.37. The third kappa shape index (κ3) is 1.98. The molecule has 3 aromatic heterocycles. The van der Waals surface area contributed by atoms with Crippen LogP contribution in [0.3, 0.4) is 0 Å². The Labute approximate surface area is 133 Å². The number of hydrogen-bond acceptors (Lipinski definition) is 5. The van der Waals surface area contributed by atoms with E-state index in [1.807, 2.05) is 12.1 Å². The largest absolute Gasteiger partial charge is 0.383 e. The third-order valence-corrected chi connectivity index (χ3v) is 6.44. The number of anilines is 1. The van der Waals surface area contributed by atoms with Crippen LogP contribution in [0.4, 0.5) is 5.82 Å². The van der Waals surface area contributed by atoms with Crippen molar-refractivity contribution >= 4 is 54.6 Å². The molecule has 0 spiro atoms. The molecule has 4 rings (SSSR count). The summed E-state index contributed by atoms with van der Waals surface area (Å²) in [7, 11) is 0. The molecule has 0 aliphatic heterocycles. The van der Waals surface area contributed by atoms with Crippen LogP contribution in [0.2, 0.25) is 0 Å². The van der Waals surface area contributed by atoms with Crippen molar-refractivity contribution in [3.05, 3.63) is 26.4 Å². The highest BCUT2D eigenvalue weighted by atomic mass is 79.9. The van der Waals surface area contributed by atoms with Crippen molar-refractivity contribution in [2.45, 2.75) is 25.7 Å². The van der Waals surface area contributed by atoms with Gasteiger partial charge in [-0.2, -0.15) is 0 Å². The number of nitrogens with two attached hydrogens (primary N) is 1. The van der Waals surface area contributed by atoms with Gasteiger partial charge in [0.2, 0.25) is 0 Å². The molecule has 1 aliphatic carbocycles. The molecular weight excluding hydrogens is 354 g/mol. The lowest BCUT2D eigenvalue weighted by Gasteiger charge is -2.10. The molecule has 0 atom stereocenters. The van der Waals surface area contributed by atoms with Crippen LogP contribution in [0, 0.1) is 0 Å². The molecule has 102 valence electrons. The minimum absolute atomic E-state index is 0.633. The van der Waals surface area contributed by atoms with Crippen LogP contribution >= 0.6 is 38.6 Å². The zero-order valence-electron chi connectivity index (χ0n) is 10.6. The van der Waals surface area contributed by atoms with Crippen LogP contribution in [-0.4, -0.2) is 9.97 Å². The van der Waals surface area contributed by atoms with Crippen LogP contribution < -0.4 is 5.73 Å². The first kappa shape index (κ1) is 12.7. The molecule has 3 heterocycles. The van der Waals surface area contributed by atoms with Gasteiger partial charge in [0, 0.05) is 4.88 Å². The second-order valence-electron chi connectivity index (χ2n) is 4.93. The Morgan fingerprint density at radius 3 is 2.75 bits per heavy atom. The lowest BCUT2D eigenvalue weighted by molar-refractivity contribution is 0.700. The number of aryl methyl sites for hydroxylation is 2. The topological polar surface area (TPSA) is 51.8 Å². The van der Waals surface area contributed by atoms with Crippen molar-refractivity contribution in [1.82, 2.24) is 9.97 Å². The molecular formula is C14H12BrN3S2. The average molecular weight is 366 g/mol. The van der Waals surface area contributed by atoms with Gasteiger partial charge in [-0.25, -0.2) is 9.97 Å². The molecule has 0 saturated heterocycles. The van der Waals surface area contributed by atoms with Crippen LogP contribution in [0.25, 0.3) is 20.9 Å². The summed E-state index contributed by atoms with van der Waals surface area (Å²) in [6.45, 7) is 0. The van der Waals surface area contributed by atoms with E-state index < -0.39 is 0 Å². The molecule has 2 N–H and O–H groups in total. The number of thiophene rings is 2. The highest BCUT2D eigenvalue weighted by Gasteiger charge is 2.20. The van der Waals surface area contributed by atoms with E-state index in [0.717, 1.165) is 37.5 Å². The number of rotatable bonds is 1. The van der Waals surface area contributed by atoms with Gasteiger partial charge in [0.05, 0.1) is 14.0 Å². The van der Waals surface area contributed by atoms with E-state index in [0.29, 0.717) is 5.82 Å². The van der Waals surface area contributed by atoms with Crippen LogP contribution in [-0.2, 0) is 12.8 Å². The average Bonchev–Trinajstić information content (AvgIpc) is 3.01. The lowest BCUT2D eigenvalue weighted by atomic mass is 9.97. The van der Waals surface area contributed by atoms with Crippen molar-refractivity contribution in [1.29, 1.82) is 0 Å². The van der Waals surface area contributed by atoms with E-state index in [9.17, 15) is 0 Å². The molecule has 6 heteroatoms. The monoisotopic (exact) mass is 365 g/mol. The van der Waals surface area contributed by atoms with Gasteiger partial charge in [0.1, 0.15) is 10.6 Å². The molecule has 0 radical (unpaired) electrons. The van der Waals surface area contributed by atoms with Gasteiger partial charge < -0.3 is 5.73 Å². The summed E-state index contributed by atoms with van der Waals surface area (Å²) in [5.41, 5.74) is 7.61. The number of nitrogens with zero attached hydrogens (tertiary/aromatic N) is 2. The first-order valence-electron chi connectivity index (χ1n) is 6.56. The number of nitrogen functional groups attached to an aromatic ring is 1. The zero-order valence-corrected chi connectivity index (χ0v) is 13.9. The molecule has 3 aromatic rings. The molecule has 0 aromatic carbocycles. The molecule has 0 bridgehead atoms. The Hall–Kier alpha value is -0.980. The Morgan fingerprint density at radius 2 is 1.95 bits per heavy atom. The summed E-state index contributed by atoms with van der Waals surface area (Å²) in [5, 5.41) is 1.10. The summed E-state index contributed by atoms with van der Waals surface area (Å²) in [6, 6.07) is 4.05. The molecule has 0 amide bonds. The van der Waals surface area contributed by atoms with Gasteiger partial charge in [0.25, 0.3) is 0 Å². The summed E-state index contributed by atoms with van der Waals surface area (Å²) < 4.78 is 1.08. The van der Waals surface area contributed by atoms with Gasteiger partial charge in [0.15, 0.2) is 5.82 Å². The predicted molar refractivity (Wildman–Crippen MR) is 89.5 cm³/mol. The molecule has 3 nitrogen and oxygen atoms in total. The molecule has 0 saturated carbocycles. The standard InChI is InChI=1S/C14H12BrN3S2/c15-10-6-5-9(19-10)13-17-12(16)11-7-3-1-2-4-8(7)20-14(11)18-13/h5-6H,1-4H2,(H2,16,17,18). The van der Waals surface area contributed by atoms with E-state index >= 15 is 0 Å². The Kier molecular flexibility index (Phi) is 3.05. The van der Waals surface area contributed by atoms with E-state index in [-0.39, 0.29) is 0 Å². The van der Waals surface area contributed by atoms with Gasteiger partial charge >= 0.3 is 0 Å². The third-order valence-electron chi connectivity index (χ3n) is 3.64. The Morgan fingerprint density at radius 1 is 1.10 bits per heavy atom. The smallest absolute Gasteiger partial charge is 0.173 e. The van der Waals surface area contributed by atoms with Crippen molar-refractivity contribution in [3.8, 4) is 10.7 Å². The van der Waals surface area contributed by atoms with E-state index in [1.165, 1.54) is 23.3 Å². The zero-order chi connectivity index (χ0) is 13.7. The van der Waals surface area contributed by atoms with Gasteiger partial charge in [-0.05, 0) is 59.3 Å². The lowest BCUT2D eigenvalue weighted by Crippen LogP contribution is -2.01. The van der Waals surface area contributed by atoms with Crippen LogP contribution in [0.5, 0.6) is 0 Å². The Balaban J connectivity index is 1.94. The molecule has 1 aliphatic rings. The van der Waals surface area contributed by atoms with Gasteiger partial charge in [-0.3, -0.25) is 0 Å². The fourth-order valence-electron chi connectivity index (χ4n) is 2.73. The van der Waals surface area contributed by atoms with Crippen molar-refractivity contribution in [3.63, 3.8) is 0 Å². The number of aromatic nitrogens is 2. The summed E-state index contributed by atoms with van der Waals surface area (Å²) in [4.78, 5) is 12.8. The summed E-state index contributed by atoms with van der Waals surface area (Å²) in [6.07, 6.45) is 4.80. The van der Waals surface area contributed by atoms with Crippen LogP contribution in [0.1, 0.15) is 23.3 Å². The van der Waals surface area contributed by atoms with Crippen molar-refractivity contribution in [2.75, 3.05) is 5.73 Å². The normalized spacial score (nSPS) is 14.7. The maximum absolute atomic E-state index is 6.22. The van der Waals surface area contributed by atoms with E-state index in [4.69, 9.17) is 10.7 Å². The minimum Gasteiger partial charge on any atom is -0.383 e. The highest BCUT2D eigenvalue weighted by molar-refractivity contribution is 9.11. The van der Waals surface area contributed by atoms with Gasteiger partial charge in [-0.1, -0.05) is 0 Å². The second kappa shape index (κ2) is 4.79. The number of fused-ring (bicyclic) bond motifs is 3. The fraction of sp³-hybridized carbons (Fsp3) is 0.286. The van der Waals surface area contributed by atoms with Gasteiger partial charge in [-0.15, -0.1) is 22.7 Å². The summed E-state index contributed by atoms with van der Waals surface area (Å²) >= 11 is 6.90. The molecule has 0 fully saturated rings. The number of hydrogen-bond donors (Lipinski definition) is 1. The number of halogens is 1. The fourth-order valence-corrected chi connectivity index (χ4v) is 5.32. The maximum atomic E-state index is 6.22. The van der Waals surface area contributed by atoms with Crippen molar-refractivity contribution < 1.29 is 0 Å². The SMILES string of the molecule is Nc1nc(-c2ccc(Br)s2)nc2sc3c(c12)CCCC3. The van der Waals surface area contributed by atoms with E-state index in [1.54, 1.807) is 22.7 Å². The van der Waals surface area contributed by atoms with E-state index in [2.05, 4.69) is 20.9 Å². The Bertz CT molecular complexity index is 806. The minimum atomic E-state index is 0.633. The highest BCUT2D eigenvalue weighted by Crippen LogP contribution is 2.39. The quantitative estimate of drug-likeness (QED) is 0.682. The maximum Gasteiger partial charge on any atom is 0.173 e. The van der Waals surface area contributed by atoms with Crippen LogP contribution in [0.15, 0.2) is 15.9 Å².